The van der Waals surface area contributed by atoms with Crippen LogP contribution >= 0.6 is 11.3 Å². The number of hydrogen-bond acceptors (Lipinski definition) is 4. The normalized spacial score (nSPS) is 17.2. The number of nitrogens with zero attached hydrogens (tertiary/aromatic N) is 2. The van der Waals surface area contributed by atoms with Gasteiger partial charge in [0.2, 0.25) is 0 Å². The van der Waals surface area contributed by atoms with Gasteiger partial charge in [-0.15, -0.1) is 11.3 Å². The predicted molar refractivity (Wildman–Crippen MR) is 129 cm³/mol. The van der Waals surface area contributed by atoms with E-state index < -0.39 is 0 Å². The van der Waals surface area contributed by atoms with E-state index in [2.05, 4.69) is 46.7 Å². The number of rotatable bonds is 6. The van der Waals surface area contributed by atoms with Crippen LogP contribution in [0.25, 0.3) is 0 Å². The highest BCUT2D eigenvalue weighted by Crippen LogP contribution is 2.26. The van der Waals surface area contributed by atoms with Gasteiger partial charge < -0.3 is 14.5 Å². The quantitative estimate of drug-likeness (QED) is 0.532. The van der Waals surface area contributed by atoms with E-state index in [-0.39, 0.29) is 12.0 Å². The molecule has 0 radical (unpaired) electrons. The van der Waals surface area contributed by atoms with Gasteiger partial charge >= 0.3 is 0 Å². The summed E-state index contributed by atoms with van der Waals surface area (Å²) in [4.78, 5) is 18.8. The van der Waals surface area contributed by atoms with E-state index in [4.69, 9.17) is 4.74 Å². The van der Waals surface area contributed by atoms with Crippen molar-refractivity contribution in [2.75, 3.05) is 26.2 Å². The number of benzene rings is 2. The minimum atomic E-state index is 0.111. The molecule has 0 unspecified atom stereocenters. The van der Waals surface area contributed by atoms with Crippen LogP contribution in [0.15, 0.2) is 66.0 Å². The average Bonchev–Trinajstić information content (AvgIpc) is 3.32. The van der Waals surface area contributed by atoms with Crippen molar-refractivity contribution >= 4 is 17.2 Å². The first-order valence-electron chi connectivity index (χ1n) is 11.6. The van der Waals surface area contributed by atoms with Crippen molar-refractivity contribution in [2.45, 2.75) is 38.3 Å². The fraction of sp³-hybridized carbons (Fsp3) is 0.370. The van der Waals surface area contributed by atoms with E-state index in [0.29, 0.717) is 0 Å². The highest BCUT2D eigenvalue weighted by Gasteiger charge is 2.23. The van der Waals surface area contributed by atoms with E-state index in [1.807, 2.05) is 29.2 Å². The van der Waals surface area contributed by atoms with Gasteiger partial charge in [-0.2, -0.15) is 0 Å². The largest absolute Gasteiger partial charge is 0.490 e. The smallest absolute Gasteiger partial charge is 0.254 e. The van der Waals surface area contributed by atoms with Crippen molar-refractivity contribution in [3.8, 4) is 5.75 Å². The molecular formula is C27H30N2O2S. The molecule has 0 atom stereocenters. The van der Waals surface area contributed by atoms with Gasteiger partial charge in [0, 0.05) is 43.2 Å². The summed E-state index contributed by atoms with van der Waals surface area (Å²) >= 11 is 1.80. The summed E-state index contributed by atoms with van der Waals surface area (Å²) in [6, 6.07) is 20.6. The number of ether oxygens (including phenoxy) is 1. The zero-order valence-electron chi connectivity index (χ0n) is 18.4. The molecule has 0 N–H and O–H groups in total. The summed E-state index contributed by atoms with van der Waals surface area (Å²) < 4.78 is 6.23. The molecule has 32 heavy (non-hydrogen) atoms. The highest BCUT2D eigenvalue weighted by molar-refractivity contribution is 7.10. The summed E-state index contributed by atoms with van der Waals surface area (Å²) in [7, 11) is 0. The Labute approximate surface area is 194 Å². The van der Waals surface area contributed by atoms with Crippen LogP contribution in [0.1, 0.15) is 39.2 Å². The molecule has 1 amide bonds. The summed E-state index contributed by atoms with van der Waals surface area (Å²) in [6.07, 6.45) is 4.42. The minimum Gasteiger partial charge on any atom is -0.490 e. The van der Waals surface area contributed by atoms with Gasteiger partial charge in [-0.25, -0.2) is 0 Å². The molecule has 1 saturated heterocycles. The Morgan fingerprint density at radius 2 is 1.75 bits per heavy atom. The predicted octanol–water partition coefficient (Wildman–Crippen LogP) is 5.03. The average molecular weight is 447 g/mol. The summed E-state index contributed by atoms with van der Waals surface area (Å²) in [5.74, 6) is 0.975. The van der Waals surface area contributed by atoms with Gasteiger partial charge in [0.25, 0.3) is 5.91 Å². The van der Waals surface area contributed by atoms with Crippen molar-refractivity contribution in [3.63, 3.8) is 0 Å². The maximum absolute atomic E-state index is 12.9. The maximum atomic E-state index is 12.9. The number of piperidine rings is 1. The van der Waals surface area contributed by atoms with Crippen LogP contribution in [0.3, 0.4) is 0 Å². The van der Waals surface area contributed by atoms with Crippen molar-refractivity contribution in [3.05, 3.63) is 87.6 Å². The molecule has 3 aromatic rings. The van der Waals surface area contributed by atoms with Crippen molar-refractivity contribution < 1.29 is 9.53 Å². The number of hydrogen-bond donors (Lipinski definition) is 0. The lowest BCUT2D eigenvalue weighted by molar-refractivity contribution is 0.0735. The number of amides is 1. The van der Waals surface area contributed by atoms with Crippen molar-refractivity contribution in [1.82, 2.24) is 9.80 Å². The number of carbonyl (C=O) groups excluding carboxylic acids is 1. The molecule has 2 aliphatic heterocycles. The molecule has 0 bridgehead atoms. The monoisotopic (exact) mass is 446 g/mol. The van der Waals surface area contributed by atoms with E-state index in [0.717, 1.165) is 69.7 Å². The second kappa shape index (κ2) is 9.88. The van der Waals surface area contributed by atoms with Crippen molar-refractivity contribution in [2.24, 2.45) is 0 Å². The Morgan fingerprint density at radius 3 is 2.53 bits per heavy atom. The van der Waals surface area contributed by atoms with Crippen LogP contribution in [0.5, 0.6) is 5.75 Å². The third-order valence-corrected chi connectivity index (χ3v) is 7.62. The maximum Gasteiger partial charge on any atom is 0.254 e. The first kappa shape index (κ1) is 21.2. The zero-order valence-corrected chi connectivity index (χ0v) is 19.2. The molecule has 5 rings (SSSR count). The van der Waals surface area contributed by atoms with Gasteiger partial charge in [-0.3, -0.25) is 4.79 Å². The Balaban J connectivity index is 1.09. The summed E-state index contributed by atoms with van der Waals surface area (Å²) in [5, 5.41) is 2.12. The first-order chi connectivity index (χ1) is 15.7. The lowest BCUT2D eigenvalue weighted by Gasteiger charge is -2.32. The lowest BCUT2D eigenvalue weighted by Crippen LogP contribution is -2.39. The molecule has 166 valence electrons. The van der Waals surface area contributed by atoms with Crippen LogP contribution in [-0.4, -0.2) is 48.0 Å². The van der Waals surface area contributed by atoms with E-state index in [1.54, 1.807) is 11.3 Å². The summed E-state index contributed by atoms with van der Waals surface area (Å²) in [5.41, 5.74) is 3.44. The Bertz CT molecular complexity index is 1020. The molecule has 4 nitrogen and oxygen atoms in total. The molecule has 5 heteroatoms. The van der Waals surface area contributed by atoms with E-state index >= 15 is 0 Å². The molecular weight excluding hydrogens is 416 g/mol. The molecule has 0 aliphatic carbocycles. The number of thiophene rings is 1. The summed E-state index contributed by atoms with van der Waals surface area (Å²) in [6.45, 7) is 4.78. The molecule has 1 aromatic heterocycles. The van der Waals surface area contributed by atoms with Gasteiger partial charge in [-0.1, -0.05) is 30.3 Å². The topological polar surface area (TPSA) is 32.8 Å². The highest BCUT2D eigenvalue weighted by atomic mass is 32.1. The van der Waals surface area contributed by atoms with Crippen LogP contribution < -0.4 is 4.74 Å². The fourth-order valence-corrected chi connectivity index (χ4v) is 5.55. The van der Waals surface area contributed by atoms with Gasteiger partial charge in [0.1, 0.15) is 11.9 Å². The standard InChI is InChI=1S/C27H30N2O2S/c30-27(29-18-13-26-23(20-29)14-19-32-26)22-6-8-24(9-7-22)31-25-11-16-28(17-12-25)15-10-21-4-2-1-3-5-21/h1-9,14,19,25H,10-13,15-18,20H2. The minimum absolute atomic E-state index is 0.111. The number of fused-ring (bicyclic) bond motifs is 1. The Morgan fingerprint density at radius 1 is 0.969 bits per heavy atom. The second-order valence-corrected chi connectivity index (χ2v) is 9.77. The van der Waals surface area contributed by atoms with Crippen molar-refractivity contribution in [1.29, 1.82) is 0 Å². The van der Waals surface area contributed by atoms with Gasteiger partial charge in [-0.05, 0) is 72.5 Å². The van der Waals surface area contributed by atoms with Crippen LogP contribution in [0, 0.1) is 0 Å². The third kappa shape index (κ3) is 5.05. The zero-order chi connectivity index (χ0) is 21.8. The Kier molecular flexibility index (Phi) is 6.56. The van der Waals surface area contributed by atoms with E-state index in [9.17, 15) is 4.79 Å². The second-order valence-electron chi connectivity index (χ2n) is 8.76. The lowest BCUT2D eigenvalue weighted by atomic mass is 10.1. The molecule has 3 heterocycles. The molecule has 2 aromatic carbocycles. The van der Waals surface area contributed by atoms with E-state index in [1.165, 1.54) is 16.0 Å². The number of carbonyl (C=O) groups is 1. The molecule has 1 fully saturated rings. The fourth-order valence-electron chi connectivity index (χ4n) is 4.66. The van der Waals surface area contributed by atoms with Crippen LogP contribution in [0.4, 0.5) is 0 Å². The Hall–Kier alpha value is -2.63. The molecule has 0 spiro atoms. The number of likely N-dealkylation sites (tertiary alicyclic amines) is 1. The van der Waals surface area contributed by atoms with Crippen LogP contribution in [0.2, 0.25) is 0 Å². The first-order valence-corrected chi connectivity index (χ1v) is 12.5. The van der Waals surface area contributed by atoms with Gasteiger partial charge in [0.15, 0.2) is 0 Å². The molecule has 0 saturated carbocycles. The third-order valence-electron chi connectivity index (χ3n) is 6.59. The van der Waals surface area contributed by atoms with Crippen LogP contribution in [-0.2, 0) is 19.4 Å². The SMILES string of the molecule is O=C(c1ccc(OC2CCN(CCc3ccccc3)CC2)cc1)N1CCc2sccc2C1. The molecule has 2 aliphatic rings. The van der Waals surface area contributed by atoms with Gasteiger partial charge in [0.05, 0.1) is 0 Å².